The molecule has 0 unspecified atom stereocenters. The van der Waals surface area contributed by atoms with Gasteiger partial charge in [-0.2, -0.15) is 0 Å². The van der Waals surface area contributed by atoms with Gasteiger partial charge in [0, 0.05) is 22.1 Å². The van der Waals surface area contributed by atoms with Crippen LogP contribution >= 0.6 is 11.6 Å². The monoisotopic (exact) mass is 458 g/mol. The average Bonchev–Trinajstić information content (AvgIpc) is 3.28. The summed E-state index contributed by atoms with van der Waals surface area (Å²) < 4.78 is 6.53. The van der Waals surface area contributed by atoms with Gasteiger partial charge in [0.05, 0.1) is 22.1 Å². The van der Waals surface area contributed by atoms with Gasteiger partial charge in [-0.3, -0.25) is 0 Å². The Bertz CT molecular complexity index is 1680. The van der Waals surface area contributed by atoms with Crippen molar-refractivity contribution in [1.82, 2.24) is 0 Å². The molecule has 0 saturated carbocycles. The highest BCUT2D eigenvalue weighted by molar-refractivity contribution is 6.36. The summed E-state index contributed by atoms with van der Waals surface area (Å²) in [5.41, 5.74) is 7.95. The van der Waals surface area contributed by atoms with Crippen LogP contribution in [0.25, 0.3) is 21.9 Å². The van der Waals surface area contributed by atoms with E-state index in [0.717, 1.165) is 50.5 Å². The molecule has 0 spiro atoms. The Morgan fingerprint density at radius 1 is 0.471 bits per heavy atom. The van der Waals surface area contributed by atoms with Crippen LogP contribution in [0.15, 0.2) is 120 Å². The predicted octanol–water partition coefficient (Wildman–Crippen LogP) is 9.49. The van der Waals surface area contributed by atoms with Gasteiger partial charge in [0.15, 0.2) is 11.2 Å². The van der Waals surface area contributed by atoms with Crippen LogP contribution in [0.2, 0.25) is 5.02 Å². The molecule has 0 radical (unpaired) electrons. The molecule has 7 rings (SSSR count). The summed E-state index contributed by atoms with van der Waals surface area (Å²) >= 11 is 6.55. The minimum atomic E-state index is 0.616. The van der Waals surface area contributed by atoms with Crippen molar-refractivity contribution in [2.45, 2.75) is 0 Å². The highest BCUT2D eigenvalue weighted by atomic mass is 35.5. The van der Waals surface area contributed by atoms with Crippen molar-refractivity contribution in [3.63, 3.8) is 0 Å². The van der Waals surface area contributed by atoms with E-state index in [9.17, 15) is 0 Å². The summed E-state index contributed by atoms with van der Waals surface area (Å²) in [5, 5.41) is 2.68. The summed E-state index contributed by atoms with van der Waals surface area (Å²) in [4.78, 5) is 4.60. The summed E-state index contributed by atoms with van der Waals surface area (Å²) in [7, 11) is 0. The van der Waals surface area contributed by atoms with Gasteiger partial charge >= 0.3 is 0 Å². The highest BCUT2D eigenvalue weighted by Crippen LogP contribution is 2.57. The van der Waals surface area contributed by atoms with Crippen LogP contribution in [-0.2, 0) is 0 Å². The Hall–Kier alpha value is -4.21. The normalized spacial score (nSPS) is 12.7. The second-order valence-electron chi connectivity index (χ2n) is 8.36. The minimum Gasteiger partial charge on any atom is -0.452 e. The molecule has 0 bridgehead atoms. The summed E-state index contributed by atoms with van der Waals surface area (Å²) in [6, 6.07) is 39.6. The second kappa shape index (κ2) is 7.41. The quantitative estimate of drug-likeness (QED) is 0.257. The lowest BCUT2D eigenvalue weighted by molar-refractivity contribution is 0.669. The van der Waals surface area contributed by atoms with Crippen molar-refractivity contribution in [3.8, 4) is 0 Å². The first-order chi connectivity index (χ1) is 16.8. The molecule has 34 heavy (non-hydrogen) atoms. The molecule has 0 aliphatic carbocycles. The summed E-state index contributed by atoms with van der Waals surface area (Å²) in [5.74, 6) is 0. The lowest BCUT2D eigenvalue weighted by Crippen LogP contribution is -2.24. The number of anilines is 6. The van der Waals surface area contributed by atoms with Crippen LogP contribution in [0.1, 0.15) is 0 Å². The molecular formula is C30H19ClN2O. The van der Waals surface area contributed by atoms with Crippen LogP contribution < -0.4 is 9.80 Å². The fourth-order valence-electron chi connectivity index (χ4n) is 4.99. The first kappa shape index (κ1) is 19.3. The maximum absolute atomic E-state index is 6.55. The number of hydrogen-bond acceptors (Lipinski definition) is 3. The molecule has 0 N–H and O–H groups in total. The summed E-state index contributed by atoms with van der Waals surface area (Å²) in [6.45, 7) is 0. The molecule has 4 heteroatoms. The van der Waals surface area contributed by atoms with Crippen molar-refractivity contribution >= 4 is 67.7 Å². The van der Waals surface area contributed by atoms with Gasteiger partial charge in [0.2, 0.25) is 0 Å². The third-order valence-electron chi connectivity index (χ3n) is 6.43. The average molecular weight is 459 g/mol. The zero-order chi connectivity index (χ0) is 22.6. The van der Waals surface area contributed by atoms with Gasteiger partial charge in [0.25, 0.3) is 0 Å². The van der Waals surface area contributed by atoms with Crippen LogP contribution in [0, 0.1) is 0 Å². The Morgan fingerprint density at radius 2 is 1.06 bits per heavy atom. The molecule has 0 atom stereocenters. The molecular weight excluding hydrogens is 440 g/mol. The number of benzene rings is 5. The van der Waals surface area contributed by atoms with E-state index < -0.39 is 0 Å². The van der Waals surface area contributed by atoms with E-state index in [1.54, 1.807) is 0 Å². The lowest BCUT2D eigenvalue weighted by Gasteiger charge is -2.40. The second-order valence-corrected chi connectivity index (χ2v) is 8.77. The molecule has 0 fully saturated rings. The Morgan fingerprint density at radius 3 is 1.76 bits per heavy atom. The lowest BCUT2D eigenvalue weighted by atomic mass is 10.0. The highest BCUT2D eigenvalue weighted by Gasteiger charge is 2.33. The number of rotatable bonds is 2. The van der Waals surface area contributed by atoms with E-state index in [4.69, 9.17) is 16.0 Å². The number of halogens is 1. The van der Waals surface area contributed by atoms with Gasteiger partial charge in [-0.15, -0.1) is 0 Å². The number of hydrogen-bond donors (Lipinski definition) is 0. The molecule has 1 aromatic heterocycles. The van der Waals surface area contributed by atoms with E-state index in [0.29, 0.717) is 10.6 Å². The molecule has 5 aromatic carbocycles. The fraction of sp³-hybridized carbons (Fsp3) is 0. The van der Waals surface area contributed by atoms with Crippen LogP contribution in [-0.4, -0.2) is 0 Å². The van der Waals surface area contributed by atoms with Gasteiger partial charge in [0.1, 0.15) is 5.69 Å². The number of nitrogens with zero attached hydrogens (tertiary/aromatic N) is 2. The molecule has 1 aliphatic rings. The van der Waals surface area contributed by atoms with Crippen molar-refractivity contribution in [1.29, 1.82) is 0 Å². The van der Waals surface area contributed by atoms with Crippen LogP contribution in [0.3, 0.4) is 0 Å². The predicted molar refractivity (Wildman–Crippen MR) is 142 cm³/mol. The standard InChI is InChI=1S/C30H19ClN2O/c31-24-15-9-14-22-23-18-19-27-28(30(23)34-29(22)24)33(21-12-5-2-6-13-21)26-17-8-7-16-25(26)32(27)20-10-3-1-4-11-20/h1-19H. The van der Waals surface area contributed by atoms with E-state index in [2.05, 4.69) is 101 Å². The maximum Gasteiger partial charge on any atom is 0.161 e. The van der Waals surface area contributed by atoms with Crippen LogP contribution in [0.5, 0.6) is 0 Å². The van der Waals surface area contributed by atoms with Gasteiger partial charge in [-0.1, -0.05) is 72.3 Å². The maximum atomic E-state index is 6.55. The minimum absolute atomic E-state index is 0.616. The Kier molecular flexibility index (Phi) is 4.20. The molecule has 6 aromatic rings. The Balaban J connectivity index is 1.64. The van der Waals surface area contributed by atoms with Crippen molar-refractivity contribution in [2.24, 2.45) is 0 Å². The van der Waals surface area contributed by atoms with Gasteiger partial charge in [-0.25, -0.2) is 0 Å². The third-order valence-corrected chi connectivity index (χ3v) is 6.73. The van der Waals surface area contributed by atoms with E-state index in [1.807, 2.05) is 24.3 Å². The number of fused-ring (bicyclic) bond motifs is 6. The Labute approximate surface area is 202 Å². The molecule has 2 heterocycles. The smallest absolute Gasteiger partial charge is 0.161 e. The molecule has 1 aliphatic heterocycles. The van der Waals surface area contributed by atoms with Crippen LogP contribution in [0.4, 0.5) is 34.1 Å². The largest absolute Gasteiger partial charge is 0.452 e. The van der Waals surface area contributed by atoms with E-state index in [1.165, 1.54) is 0 Å². The van der Waals surface area contributed by atoms with E-state index in [-0.39, 0.29) is 0 Å². The van der Waals surface area contributed by atoms with Crippen molar-refractivity contribution in [2.75, 3.05) is 9.80 Å². The van der Waals surface area contributed by atoms with Gasteiger partial charge in [-0.05, 0) is 54.6 Å². The SMILES string of the molecule is Clc1cccc2c1oc1c3c(ccc12)N(c1ccccc1)c1ccccc1N3c1ccccc1. The first-order valence-corrected chi connectivity index (χ1v) is 11.6. The molecule has 0 amide bonds. The molecule has 162 valence electrons. The summed E-state index contributed by atoms with van der Waals surface area (Å²) in [6.07, 6.45) is 0. The molecule has 0 saturated heterocycles. The third kappa shape index (κ3) is 2.71. The fourth-order valence-corrected chi connectivity index (χ4v) is 5.21. The van der Waals surface area contributed by atoms with Gasteiger partial charge < -0.3 is 14.2 Å². The van der Waals surface area contributed by atoms with Crippen molar-refractivity contribution < 1.29 is 4.42 Å². The zero-order valence-electron chi connectivity index (χ0n) is 18.2. The first-order valence-electron chi connectivity index (χ1n) is 11.2. The topological polar surface area (TPSA) is 19.6 Å². The molecule has 3 nitrogen and oxygen atoms in total. The number of furan rings is 1. The zero-order valence-corrected chi connectivity index (χ0v) is 18.9. The van der Waals surface area contributed by atoms with E-state index >= 15 is 0 Å². The number of para-hydroxylation sites is 5. The van der Waals surface area contributed by atoms with Crippen molar-refractivity contribution in [3.05, 3.63) is 120 Å².